The van der Waals surface area contributed by atoms with Crippen molar-refractivity contribution in [2.24, 2.45) is 0 Å². The minimum atomic E-state index is -1.18. The largest absolute Gasteiger partial charge is 0.454 e. The van der Waals surface area contributed by atoms with Crippen molar-refractivity contribution in [3.63, 3.8) is 0 Å². The summed E-state index contributed by atoms with van der Waals surface area (Å²) in [5.41, 5.74) is 7.06. The van der Waals surface area contributed by atoms with Crippen molar-refractivity contribution in [3.8, 4) is 0 Å². The summed E-state index contributed by atoms with van der Waals surface area (Å²) in [6.07, 6.45) is 4.24. The molecule has 1 aliphatic carbocycles. The van der Waals surface area contributed by atoms with Crippen LogP contribution in [0.4, 0.5) is 14.6 Å². The molecule has 4 rings (SSSR count). The van der Waals surface area contributed by atoms with Crippen LogP contribution in [0.15, 0.2) is 12.1 Å². The molecule has 1 aromatic carbocycles. The normalized spacial score (nSPS) is 13.6. The van der Waals surface area contributed by atoms with Crippen molar-refractivity contribution in [3.05, 3.63) is 50.6 Å². The Balaban J connectivity index is 1.57. The maximum absolute atomic E-state index is 13.3. The summed E-state index contributed by atoms with van der Waals surface area (Å²) >= 11 is 7.36. The Kier molecular flexibility index (Phi) is 4.69. The number of carbonyl (C=O) groups is 1. The number of rotatable bonds is 3. The molecule has 5 nitrogen and oxygen atoms in total. The van der Waals surface area contributed by atoms with E-state index >= 15 is 0 Å². The van der Waals surface area contributed by atoms with Crippen LogP contribution in [0.5, 0.6) is 0 Å². The van der Waals surface area contributed by atoms with Gasteiger partial charge in [-0.3, -0.25) is 0 Å². The highest BCUT2D eigenvalue weighted by molar-refractivity contribution is 7.19. The smallest absolute Gasteiger partial charge is 0.340 e. The van der Waals surface area contributed by atoms with Gasteiger partial charge in [0.1, 0.15) is 10.6 Å². The third kappa shape index (κ3) is 3.35. The lowest BCUT2D eigenvalue weighted by Crippen LogP contribution is -2.10. The summed E-state index contributed by atoms with van der Waals surface area (Å²) in [6, 6.07) is 1.43. The molecule has 1 aliphatic rings. The van der Waals surface area contributed by atoms with Gasteiger partial charge in [-0.25, -0.2) is 23.5 Å². The maximum atomic E-state index is 13.3. The van der Waals surface area contributed by atoms with Gasteiger partial charge < -0.3 is 10.5 Å². The molecule has 0 saturated heterocycles. The monoisotopic (exact) mass is 409 g/mol. The van der Waals surface area contributed by atoms with E-state index in [1.165, 1.54) is 10.4 Å². The second kappa shape index (κ2) is 7.01. The Morgan fingerprint density at radius 1 is 1.22 bits per heavy atom. The number of carbonyl (C=O) groups excluding carboxylic acids is 1. The number of esters is 1. The highest BCUT2D eigenvalue weighted by Crippen LogP contribution is 2.37. The van der Waals surface area contributed by atoms with Gasteiger partial charge in [-0.2, -0.15) is 0 Å². The fourth-order valence-corrected chi connectivity index (χ4v) is 4.70. The van der Waals surface area contributed by atoms with Crippen molar-refractivity contribution in [2.45, 2.75) is 32.3 Å². The quantitative estimate of drug-likeness (QED) is 0.511. The molecule has 9 heteroatoms. The number of ether oxygens (including phenoxy) is 1. The van der Waals surface area contributed by atoms with E-state index in [0.29, 0.717) is 11.9 Å². The van der Waals surface area contributed by atoms with Crippen LogP contribution >= 0.6 is 22.9 Å². The first-order valence-electron chi connectivity index (χ1n) is 8.32. The van der Waals surface area contributed by atoms with Gasteiger partial charge in [0.25, 0.3) is 0 Å². The first-order chi connectivity index (χ1) is 12.9. The van der Waals surface area contributed by atoms with Crippen LogP contribution in [-0.2, 0) is 24.2 Å². The van der Waals surface area contributed by atoms with Crippen LogP contribution in [0.25, 0.3) is 10.2 Å². The zero-order chi connectivity index (χ0) is 19.1. The Bertz CT molecular complexity index is 1070. The van der Waals surface area contributed by atoms with Crippen molar-refractivity contribution in [1.29, 1.82) is 0 Å². The Hall–Kier alpha value is -2.32. The van der Waals surface area contributed by atoms with Crippen LogP contribution in [0.3, 0.4) is 0 Å². The molecule has 0 aliphatic heterocycles. The van der Waals surface area contributed by atoms with Crippen LogP contribution in [0, 0.1) is 11.6 Å². The van der Waals surface area contributed by atoms with Crippen LogP contribution in [0.2, 0.25) is 5.02 Å². The molecular weight excluding hydrogens is 396 g/mol. The van der Waals surface area contributed by atoms with Crippen LogP contribution in [0.1, 0.15) is 39.5 Å². The molecule has 27 heavy (non-hydrogen) atoms. The number of nitrogens with two attached hydrogens (primary N) is 1. The first-order valence-corrected chi connectivity index (χ1v) is 9.52. The van der Waals surface area contributed by atoms with Gasteiger partial charge in [0.05, 0.1) is 16.0 Å². The third-order valence-corrected chi connectivity index (χ3v) is 5.95. The lowest BCUT2D eigenvalue weighted by atomic mass is 9.97. The molecule has 2 N–H and O–H groups in total. The van der Waals surface area contributed by atoms with Crippen molar-refractivity contribution in [1.82, 2.24) is 9.97 Å². The Morgan fingerprint density at radius 3 is 2.78 bits per heavy atom. The molecule has 0 bridgehead atoms. The lowest BCUT2D eigenvalue weighted by molar-refractivity contribution is 0.0462. The fourth-order valence-electron chi connectivity index (χ4n) is 3.18. The summed E-state index contributed by atoms with van der Waals surface area (Å²) < 4.78 is 31.6. The number of hydrogen-bond acceptors (Lipinski definition) is 6. The second-order valence-corrected chi connectivity index (χ2v) is 7.73. The molecule has 0 spiro atoms. The molecule has 0 unspecified atom stereocenters. The van der Waals surface area contributed by atoms with Crippen LogP contribution < -0.4 is 5.73 Å². The molecule has 3 aromatic rings. The van der Waals surface area contributed by atoms with E-state index in [1.807, 2.05) is 0 Å². The van der Waals surface area contributed by atoms with Gasteiger partial charge in [0.15, 0.2) is 24.1 Å². The molecule has 0 amide bonds. The van der Waals surface area contributed by atoms with Gasteiger partial charge in [-0.15, -0.1) is 11.3 Å². The number of anilines is 1. The number of fused-ring (bicyclic) bond motifs is 3. The molecule has 2 heterocycles. The lowest BCUT2D eigenvalue weighted by Gasteiger charge is -2.11. The van der Waals surface area contributed by atoms with E-state index in [0.717, 1.165) is 42.0 Å². The average molecular weight is 410 g/mol. The molecule has 0 fully saturated rings. The maximum Gasteiger partial charge on any atom is 0.340 e. The highest BCUT2D eigenvalue weighted by atomic mass is 35.5. The summed E-state index contributed by atoms with van der Waals surface area (Å²) in [5.74, 6) is -2.62. The number of nitrogen functional groups attached to an aromatic ring is 1. The third-order valence-electron chi connectivity index (χ3n) is 4.45. The molecule has 140 valence electrons. The molecule has 0 atom stereocenters. The Labute approximate surface area is 162 Å². The first kappa shape index (κ1) is 18.1. The van der Waals surface area contributed by atoms with E-state index in [4.69, 9.17) is 22.1 Å². The number of halogens is 3. The number of benzene rings is 1. The molecule has 0 radical (unpaired) electrons. The van der Waals surface area contributed by atoms with Crippen molar-refractivity contribution in [2.75, 3.05) is 5.73 Å². The molecule has 0 saturated carbocycles. The van der Waals surface area contributed by atoms with Gasteiger partial charge in [0.2, 0.25) is 0 Å². The molecule has 2 aromatic heterocycles. The standard InChI is InChI=1S/C18H14ClF2N3O2S/c19-10-6-12(21)11(20)5-9(10)18(25)26-7-14-23-16(22)15-8-3-1-2-4-13(8)27-17(15)24-14/h5-6H,1-4,7H2,(H2,22,23,24). The van der Waals surface area contributed by atoms with E-state index in [1.54, 1.807) is 11.3 Å². The molecular formula is C18H14ClF2N3O2S. The summed E-state index contributed by atoms with van der Waals surface area (Å²) in [6.45, 7) is -0.253. The van der Waals surface area contributed by atoms with Crippen LogP contribution in [-0.4, -0.2) is 15.9 Å². The van der Waals surface area contributed by atoms with E-state index < -0.39 is 17.6 Å². The number of aryl methyl sites for hydroxylation is 2. The fraction of sp³-hybridized carbons (Fsp3) is 0.278. The minimum Gasteiger partial charge on any atom is -0.454 e. The highest BCUT2D eigenvalue weighted by Gasteiger charge is 2.21. The van der Waals surface area contributed by atoms with Crippen molar-refractivity contribution >= 4 is 44.9 Å². The van der Waals surface area contributed by atoms with Gasteiger partial charge in [-0.1, -0.05) is 11.6 Å². The van der Waals surface area contributed by atoms with Gasteiger partial charge >= 0.3 is 5.97 Å². The van der Waals surface area contributed by atoms with E-state index in [2.05, 4.69) is 9.97 Å². The zero-order valence-electron chi connectivity index (χ0n) is 14.0. The van der Waals surface area contributed by atoms with E-state index in [-0.39, 0.29) is 23.0 Å². The topological polar surface area (TPSA) is 78.1 Å². The Morgan fingerprint density at radius 2 is 1.96 bits per heavy atom. The summed E-state index contributed by atoms with van der Waals surface area (Å²) in [4.78, 5) is 22.9. The van der Waals surface area contributed by atoms with Gasteiger partial charge in [0, 0.05) is 4.88 Å². The van der Waals surface area contributed by atoms with Gasteiger partial charge in [-0.05, 0) is 43.4 Å². The number of aromatic nitrogens is 2. The minimum absolute atomic E-state index is 0.235. The predicted octanol–water partition coefficient (Wildman–Crippen LogP) is 4.44. The number of nitrogens with zero attached hydrogens (tertiary/aromatic N) is 2. The predicted molar refractivity (Wildman–Crippen MR) is 99.0 cm³/mol. The number of thiophene rings is 1. The SMILES string of the molecule is Nc1nc(COC(=O)c2cc(F)c(F)cc2Cl)nc2sc3c(c12)CCCC3. The van der Waals surface area contributed by atoms with E-state index in [9.17, 15) is 13.6 Å². The van der Waals surface area contributed by atoms with Crippen molar-refractivity contribution < 1.29 is 18.3 Å². The average Bonchev–Trinajstić information content (AvgIpc) is 3.01. The number of hydrogen-bond donors (Lipinski definition) is 1. The zero-order valence-corrected chi connectivity index (χ0v) is 15.6. The summed E-state index contributed by atoms with van der Waals surface area (Å²) in [5, 5.41) is 0.647. The second-order valence-electron chi connectivity index (χ2n) is 6.24. The summed E-state index contributed by atoms with van der Waals surface area (Å²) in [7, 11) is 0.